The smallest absolute Gasteiger partial charge is 0.137 e. The van der Waals surface area contributed by atoms with E-state index in [9.17, 15) is 4.39 Å². The van der Waals surface area contributed by atoms with E-state index >= 15 is 0 Å². The first-order chi connectivity index (χ1) is 10.1. The summed E-state index contributed by atoms with van der Waals surface area (Å²) in [6, 6.07) is 13.2. The minimum absolute atomic E-state index is 0.215. The van der Waals surface area contributed by atoms with E-state index in [1.807, 2.05) is 37.4 Å². The van der Waals surface area contributed by atoms with Crippen LogP contribution in [0.25, 0.3) is 0 Å². The van der Waals surface area contributed by atoms with Crippen molar-refractivity contribution in [1.82, 2.24) is 5.32 Å². The standard InChI is InChI=1S/C16H16BrClFNS/c1-20-13(9-11-3-2-4-15(19)16(11)17)10-21-14-7-5-12(18)6-8-14/h2-8,13,20H,9-10H2,1H3. The van der Waals surface area contributed by atoms with Gasteiger partial charge in [0.25, 0.3) is 0 Å². The molecular weight excluding hydrogens is 373 g/mol. The van der Waals surface area contributed by atoms with Gasteiger partial charge < -0.3 is 5.32 Å². The molecule has 0 saturated carbocycles. The quantitative estimate of drug-likeness (QED) is 0.686. The highest BCUT2D eigenvalue weighted by Crippen LogP contribution is 2.25. The van der Waals surface area contributed by atoms with E-state index in [4.69, 9.17) is 11.6 Å². The van der Waals surface area contributed by atoms with Crippen LogP contribution in [0.4, 0.5) is 4.39 Å². The number of hydrogen-bond acceptors (Lipinski definition) is 2. The monoisotopic (exact) mass is 387 g/mol. The van der Waals surface area contributed by atoms with Crippen LogP contribution >= 0.6 is 39.3 Å². The Kier molecular flexibility index (Phi) is 6.55. The third-order valence-corrected chi connectivity index (χ3v) is 5.49. The molecule has 0 aromatic heterocycles. The summed E-state index contributed by atoms with van der Waals surface area (Å²) < 4.78 is 14.1. The average Bonchev–Trinajstić information content (AvgIpc) is 2.49. The van der Waals surface area contributed by atoms with Gasteiger partial charge in [-0.25, -0.2) is 4.39 Å². The van der Waals surface area contributed by atoms with Gasteiger partial charge >= 0.3 is 0 Å². The second-order valence-corrected chi connectivity index (χ2v) is 6.99. The summed E-state index contributed by atoms with van der Waals surface area (Å²) >= 11 is 11.0. The fraction of sp³-hybridized carbons (Fsp3) is 0.250. The molecule has 112 valence electrons. The SMILES string of the molecule is CNC(CSc1ccc(Cl)cc1)Cc1cccc(F)c1Br. The Morgan fingerprint density at radius 2 is 1.95 bits per heavy atom. The van der Waals surface area contributed by atoms with E-state index in [0.717, 1.165) is 22.8 Å². The molecule has 5 heteroatoms. The highest BCUT2D eigenvalue weighted by atomic mass is 79.9. The Morgan fingerprint density at radius 3 is 2.62 bits per heavy atom. The zero-order chi connectivity index (χ0) is 15.2. The van der Waals surface area contributed by atoms with Gasteiger partial charge in [-0.2, -0.15) is 0 Å². The summed E-state index contributed by atoms with van der Waals surface area (Å²) in [6.07, 6.45) is 0.773. The molecule has 1 N–H and O–H groups in total. The number of nitrogens with one attached hydrogen (secondary N) is 1. The van der Waals surface area contributed by atoms with Crippen LogP contribution < -0.4 is 5.32 Å². The Labute approximate surface area is 142 Å². The molecule has 0 bridgehead atoms. The number of hydrogen-bond donors (Lipinski definition) is 1. The van der Waals surface area contributed by atoms with Crippen molar-refractivity contribution in [2.45, 2.75) is 17.4 Å². The van der Waals surface area contributed by atoms with Gasteiger partial charge in [0.2, 0.25) is 0 Å². The third-order valence-electron chi connectivity index (χ3n) is 3.17. The van der Waals surface area contributed by atoms with Crippen molar-refractivity contribution in [3.05, 3.63) is 63.3 Å². The third kappa shape index (κ3) is 4.99. The fourth-order valence-electron chi connectivity index (χ4n) is 1.94. The molecule has 1 atom stereocenters. The van der Waals surface area contributed by atoms with Gasteiger partial charge in [-0.1, -0.05) is 23.7 Å². The highest BCUT2D eigenvalue weighted by molar-refractivity contribution is 9.10. The molecule has 0 spiro atoms. The van der Waals surface area contributed by atoms with Crippen LogP contribution in [0.1, 0.15) is 5.56 Å². The second kappa shape index (κ2) is 8.18. The average molecular weight is 389 g/mol. The van der Waals surface area contributed by atoms with Crippen LogP contribution in [0.15, 0.2) is 51.8 Å². The van der Waals surface area contributed by atoms with Crippen molar-refractivity contribution in [3.8, 4) is 0 Å². The number of benzene rings is 2. The van der Waals surface area contributed by atoms with Crippen LogP contribution in [0.2, 0.25) is 5.02 Å². The number of rotatable bonds is 6. The van der Waals surface area contributed by atoms with Crippen molar-refractivity contribution in [1.29, 1.82) is 0 Å². The van der Waals surface area contributed by atoms with Gasteiger partial charge in [0.15, 0.2) is 0 Å². The molecule has 0 amide bonds. The van der Waals surface area contributed by atoms with Crippen LogP contribution in [-0.4, -0.2) is 18.8 Å². The highest BCUT2D eigenvalue weighted by Gasteiger charge is 2.12. The predicted molar refractivity (Wildman–Crippen MR) is 92.8 cm³/mol. The van der Waals surface area contributed by atoms with Crippen LogP contribution in [0, 0.1) is 5.82 Å². The molecular formula is C16H16BrClFNS. The Bertz CT molecular complexity index is 591. The van der Waals surface area contributed by atoms with Gasteiger partial charge in [-0.3, -0.25) is 0 Å². The maximum Gasteiger partial charge on any atom is 0.137 e. The lowest BCUT2D eigenvalue weighted by atomic mass is 10.1. The Hall–Kier alpha value is -0.550. The van der Waals surface area contributed by atoms with Gasteiger partial charge in [0, 0.05) is 21.7 Å². The van der Waals surface area contributed by atoms with E-state index in [1.54, 1.807) is 17.8 Å². The van der Waals surface area contributed by atoms with Crippen LogP contribution in [-0.2, 0) is 6.42 Å². The van der Waals surface area contributed by atoms with Gasteiger partial charge in [-0.15, -0.1) is 11.8 Å². The first kappa shape index (κ1) is 16.8. The molecule has 1 unspecified atom stereocenters. The topological polar surface area (TPSA) is 12.0 Å². The molecule has 0 aliphatic carbocycles. The van der Waals surface area contributed by atoms with E-state index in [2.05, 4.69) is 21.2 Å². The van der Waals surface area contributed by atoms with Gasteiger partial charge in [-0.05, 0) is 65.3 Å². The molecule has 2 rings (SSSR count). The normalized spacial score (nSPS) is 12.4. The predicted octanol–water partition coefficient (Wildman–Crippen LogP) is 5.16. The van der Waals surface area contributed by atoms with Crippen molar-refractivity contribution in [2.75, 3.05) is 12.8 Å². The van der Waals surface area contributed by atoms with Crippen LogP contribution in [0.3, 0.4) is 0 Å². The lowest BCUT2D eigenvalue weighted by molar-refractivity contribution is 0.597. The zero-order valence-electron chi connectivity index (χ0n) is 11.6. The minimum atomic E-state index is -0.215. The molecule has 21 heavy (non-hydrogen) atoms. The summed E-state index contributed by atoms with van der Waals surface area (Å²) in [4.78, 5) is 1.18. The molecule has 0 fully saturated rings. The molecule has 2 aromatic rings. The largest absolute Gasteiger partial charge is 0.316 e. The van der Waals surface area contributed by atoms with Crippen LogP contribution in [0.5, 0.6) is 0 Å². The van der Waals surface area contributed by atoms with E-state index in [0.29, 0.717) is 4.47 Å². The molecule has 2 aromatic carbocycles. The summed E-state index contributed by atoms with van der Waals surface area (Å²) in [5, 5.41) is 4.03. The molecule has 1 nitrogen and oxygen atoms in total. The maximum atomic E-state index is 13.5. The Balaban J connectivity index is 1.97. The maximum absolute atomic E-state index is 13.5. The lowest BCUT2D eigenvalue weighted by Gasteiger charge is -2.17. The second-order valence-electron chi connectivity index (χ2n) is 4.67. The molecule has 0 radical (unpaired) electrons. The van der Waals surface area contributed by atoms with Gasteiger partial charge in [0.1, 0.15) is 5.82 Å². The molecule has 0 saturated heterocycles. The van der Waals surface area contributed by atoms with Crippen molar-refractivity contribution >= 4 is 39.3 Å². The van der Waals surface area contributed by atoms with Crippen molar-refractivity contribution < 1.29 is 4.39 Å². The van der Waals surface area contributed by atoms with Gasteiger partial charge in [0.05, 0.1) is 4.47 Å². The van der Waals surface area contributed by atoms with E-state index < -0.39 is 0 Å². The first-order valence-electron chi connectivity index (χ1n) is 6.58. The van der Waals surface area contributed by atoms with Crippen molar-refractivity contribution in [3.63, 3.8) is 0 Å². The number of likely N-dealkylation sites (N-methyl/N-ethyl adjacent to an activating group) is 1. The number of thioether (sulfide) groups is 1. The lowest BCUT2D eigenvalue weighted by Crippen LogP contribution is -2.30. The summed E-state index contributed by atoms with van der Waals surface area (Å²) in [5.74, 6) is 0.689. The Morgan fingerprint density at radius 1 is 1.24 bits per heavy atom. The van der Waals surface area contributed by atoms with E-state index in [1.165, 1.54) is 11.0 Å². The number of halogens is 3. The summed E-state index contributed by atoms with van der Waals surface area (Å²) in [7, 11) is 1.93. The molecule has 0 aliphatic rings. The molecule has 0 aliphatic heterocycles. The van der Waals surface area contributed by atoms with E-state index in [-0.39, 0.29) is 11.9 Å². The summed E-state index contributed by atoms with van der Waals surface area (Å²) in [5.41, 5.74) is 0.978. The fourth-order valence-corrected chi connectivity index (χ4v) is 3.50. The summed E-state index contributed by atoms with van der Waals surface area (Å²) in [6.45, 7) is 0. The first-order valence-corrected chi connectivity index (χ1v) is 8.74. The minimum Gasteiger partial charge on any atom is -0.316 e. The van der Waals surface area contributed by atoms with Crippen molar-refractivity contribution in [2.24, 2.45) is 0 Å². The molecule has 0 heterocycles. The zero-order valence-corrected chi connectivity index (χ0v) is 14.7.